The van der Waals surface area contributed by atoms with Crippen LogP contribution in [-0.2, 0) is 11.2 Å². The van der Waals surface area contributed by atoms with Gasteiger partial charge in [0.15, 0.2) is 10.9 Å². The lowest BCUT2D eigenvalue weighted by Gasteiger charge is -2.25. The molecule has 1 aromatic heterocycles. The zero-order chi connectivity index (χ0) is 11.0. The van der Waals surface area contributed by atoms with Crippen molar-refractivity contribution in [3.8, 4) is 0 Å². The molecule has 1 fully saturated rings. The van der Waals surface area contributed by atoms with E-state index >= 15 is 0 Å². The number of carbonyl (C=O) groups excluding carboxylic acids is 1. The maximum Gasteiger partial charge on any atom is 0.186 e. The highest BCUT2D eigenvalue weighted by molar-refractivity contribution is 7.17. The Hall–Kier alpha value is -0.940. The monoisotopic (exact) mass is 238 g/mol. The second kappa shape index (κ2) is 4.14. The second-order valence-electron chi connectivity index (χ2n) is 4.15. The maximum absolute atomic E-state index is 11.7. The number of fused-ring (bicyclic) bond motifs is 1. The molecule has 0 unspecified atom stereocenters. The number of nitrogens with zero attached hydrogens (tertiary/aromatic N) is 2. The number of aromatic nitrogens is 1. The van der Waals surface area contributed by atoms with Gasteiger partial charge in [-0.3, -0.25) is 4.79 Å². The third-order valence-electron chi connectivity index (χ3n) is 3.04. The molecule has 2 aliphatic rings. The Kier molecular flexibility index (Phi) is 2.65. The topological polar surface area (TPSA) is 42.4 Å². The van der Waals surface area contributed by atoms with E-state index in [9.17, 15) is 4.79 Å². The molecule has 2 heterocycles. The first-order valence-electron chi connectivity index (χ1n) is 5.70. The van der Waals surface area contributed by atoms with Crippen LogP contribution in [0.2, 0.25) is 0 Å². The third-order valence-corrected chi connectivity index (χ3v) is 4.24. The Morgan fingerprint density at radius 3 is 2.81 bits per heavy atom. The predicted octanol–water partition coefficient (Wildman–Crippen LogP) is 1.50. The van der Waals surface area contributed by atoms with Crippen molar-refractivity contribution in [2.24, 2.45) is 0 Å². The Morgan fingerprint density at radius 2 is 2.06 bits per heavy atom. The highest BCUT2D eigenvalue weighted by atomic mass is 32.1. The molecule has 86 valence electrons. The van der Waals surface area contributed by atoms with Crippen molar-refractivity contribution in [2.45, 2.75) is 19.3 Å². The average molecular weight is 238 g/mol. The molecular weight excluding hydrogens is 224 g/mol. The molecule has 0 spiro atoms. The number of anilines is 1. The van der Waals surface area contributed by atoms with Gasteiger partial charge < -0.3 is 9.64 Å². The zero-order valence-corrected chi connectivity index (χ0v) is 9.89. The van der Waals surface area contributed by atoms with E-state index in [2.05, 4.69) is 9.88 Å². The smallest absolute Gasteiger partial charge is 0.186 e. The van der Waals surface area contributed by atoms with Crippen molar-refractivity contribution in [1.82, 2.24) is 4.98 Å². The molecule has 0 aromatic carbocycles. The molecule has 1 saturated heterocycles. The van der Waals surface area contributed by atoms with E-state index in [1.807, 2.05) is 0 Å². The van der Waals surface area contributed by atoms with E-state index in [0.29, 0.717) is 6.42 Å². The van der Waals surface area contributed by atoms with E-state index in [1.54, 1.807) is 11.3 Å². The summed E-state index contributed by atoms with van der Waals surface area (Å²) in [7, 11) is 0. The lowest BCUT2D eigenvalue weighted by atomic mass is 10.0. The Bertz CT molecular complexity index is 410. The number of hydrogen-bond donors (Lipinski definition) is 0. The second-order valence-corrected chi connectivity index (χ2v) is 5.13. The van der Waals surface area contributed by atoms with Crippen LogP contribution in [0, 0.1) is 0 Å². The van der Waals surface area contributed by atoms with Crippen LogP contribution in [0.3, 0.4) is 0 Å². The molecule has 0 atom stereocenters. The highest BCUT2D eigenvalue weighted by Gasteiger charge is 2.24. The molecule has 0 saturated carbocycles. The molecule has 0 bridgehead atoms. The normalized spacial score (nSPS) is 21.0. The van der Waals surface area contributed by atoms with E-state index in [0.717, 1.165) is 54.8 Å². The number of ketones is 1. The van der Waals surface area contributed by atoms with Gasteiger partial charge in [0.05, 0.1) is 23.8 Å². The van der Waals surface area contributed by atoms with Crippen molar-refractivity contribution >= 4 is 22.3 Å². The van der Waals surface area contributed by atoms with Crippen molar-refractivity contribution in [3.05, 3.63) is 10.6 Å². The van der Waals surface area contributed by atoms with Gasteiger partial charge in [0.1, 0.15) is 0 Å². The molecule has 16 heavy (non-hydrogen) atoms. The molecule has 0 N–H and O–H groups in total. The molecule has 0 amide bonds. The Morgan fingerprint density at radius 1 is 1.25 bits per heavy atom. The molecule has 1 aromatic rings. The molecule has 5 heteroatoms. The fourth-order valence-electron chi connectivity index (χ4n) is 2.15. The average Bonchev–Trinajstić information content (AvgIpc) is 2.76. The quantitative estimate of drug-likeness (QED) is 0.743. The molecular formula is C11H14N2O2S. The van der Waals surface area contributed by atoms with Crippen LogP contribution in [0.25, 0.3) is 0 Å². The van der Waals surface area contributed by atoms with Gasteiger partial charge in [-0.25, -0.2) is 4.98 Å². The molecule has 4 nitrogen and oxygen atoms in total. The standard InChI is InChI=1S/C11H14N2O2S/c14-9-3-1-2-8-10(9)16-11(12-8)13-4-6-15-7-5-13/h1-7H2. The van der Waals surface area contributed by atoms with Crippen molar-refractivity contribution in [2.75, 3.05) is 31.2 Å². The van der Waals surface area contributed by atoms with Gasteiger partial charge >= 0.3 is 0 Å². The third kappa shape index (κ3) is 1.74. The first-order valence-corrected chi connectivity index (χ1v) is 6.52. The lowest BCUT2D eigenvalue weighted by molar-refractivity contribution is 0.0976. The Labute approximate surface area is 98.2 Å². The summed E-state index contributed by atoms with van der Waals surface area (Å²) >= 11 is 1.56. The minimum absolute atomic E-state index is 0.276. The number of hydrogen-bond acceptors (Lipinski definition) is 5. The van der Waals surface area contributed by atoms with Gasteiger partial charge in [-0.1, -0.05) is 11.3 Å². The largest absolute Gasteiger partial charge is 0.378 e. The van der Waals surface area contributed by atoms with Crippen molar-refractivity contribution in [3.63, 3.8) is 0 Å². The number of ether oxygens (including phenoxy) is 1. The number of morpholine rings is 1. The number of carbonyl (C=O) groups is 1. The van der Waals surface area contributed by atoms with Crippen LogP contribution in [0.15, 0.2) is 0 Å². The van der Waals surface area contributed by atoms with Gasteiger partial charge in [-0.15, -0.1) is 0 Å². The minimum atomic E-state index is 0.276. The van der Waals surface area contributed by atoms with E-state index in [1.165, 1.54) is 0 Å². The van der Waals surface area contributed by atoms with E-state index < -0.39 is 0 Å². The van der Waals surface area contributed by atoms with Crippen LogP contribution >= 0.6 is 11.3 Å². The van der Waals surface area contributed by atoms with Crippen LogP contribution in [-0.4, -0.2) is 37.1 Å². The van der Waals surface area contributed by atoms with Crippen molar-refractivity contribution < 1.29 is 9.53 Å². The first kappa shape index (κ1) is 10.2. The SMILES string of the molecule is O=C1CCCc2nc(N3CCOCC3)sc21. The predicted molar refractivity (Wildman–Crippen MR) is 62.4 cm³/mol. The minimum Gasteiger partial charge on any atom is -0.378 e. The summed E-state index contributed by atoms with van der Waals surface area (Å²) in [6.45, 7) is 3.30. The summed E-state index contributed by atoms with van der Waals surface area (Å²) in [5.74, 6) is 0.276. The maximum atomic E-state index is 11.7. The van der Waals surface area contributed by atoms with Crippen LogP contribution < -0.4 is 4.90 Å². The number of aryl methyl sites for hydroxylation is 1. The molecule has 1 aliphatic carbocycles. The van der Waals surface area contributed by atoms with E-state index in [-0.39, 0.29) is 5.78 Å². The fourth-order valence-corrected chi connectivity index (χ4v) is 3.28. The van der Waals surface area contributed by atoms with Gasteiger partial charge in [0.25, 0.3) is 0 Å². The summed E-state index contributed by atoms with van der Waals surface area (Å²) in [5.41, 5.74) is 1.02. The van der Waals surface area contributed by atoms with Gasteiger partial charge in [-0.2, -0.15) is 0 Å². The molecule has 3 rings (SSSR count). The van der Waals surface area contributed by atoms with Crippen LogP contribution in [0.1, 0.15) is 28.2 Å². The summed E-state index contributed by atoms with van der Waals surface area (Å²) in [5, 5.41) is 1.00. The van der Waals surface area contributed by atoms with Gasteiger partial charge in [0.2, 0.25) is 0 Å². The van der Waals surface area contributed by atoms with Gasteiger partial charge in [-0.05, 0) is 12.8 Å². The summed E-state index contributed by atoms with van der Waals surface area (Å²) in [6.07, 6.45) is 2.61. The number of thiazole rings is 1. The zero-order valence-electron chi connectivity index (χ0n) is 9.07. The number of rotatable bonds is 1. The van der Waals surface area contributed by atoms with Crippen LogP contribution in [0.4, 0.5) is 5.13 Å². The number of Topliss-reactive ketones (excluding diaryl/α,β-unsaturated/α-hetero) is 1. The summed E-state index contributed by atoms with van der Waals surface area (Å²) < 4.78 is 5.31. The highest BCUT2D eigenvalue weighted by Crippen LogP contribution is 2.31. The van der Waals surface area contributed by atoms with Gasteiger partial charge in [0, 0.05) is 19.5 Å². The summed E-state index contributed by atoms with van der Waals surface area (Å²) in [6, 6.07) is 0. The molecule has 0 radical (unpaired) electrons. The van der Waals surface area contributed by atoms with E-state index in [4.69, 9.17) is 4.74 Å². The fraction of sp³-hybridized carbons (Fsp3) is 0.636. The molecule has 1 aliphatic heterocycles. The lowest BCUT2D eigenvalue weighted by Crippen LogP contribution is -2.36. The Balaban J connectivity index is 1.88. The summed E-state index contributed by atoms with van der Waals surface area (Å²) in [4.78, 5) is 19.4. The first-order chi connectivity index (χ1) is 7.84. The van der Waals surface area contributed by atoms with Crippen LogP contribution in [0.5, 0.6) is 0 Å². The van der Waals surface area contributed by atoms with Crippen molar-refractivity contribution in [1.29, 1.82) is 0 Å².